The summed E-state index contributed by atoms with van der Waals surface area (Å²) in [5, 5.41) is 79.1. The van der Waals surface area contributed by atoms with Gasteiger partial charge in [-0.25, -0.2) is 0 Å². The Morgan fingerprint density at radius 1 is 0.848 bits per heavy atom. The maximum atomic E-state index is 13.2. The van der Waals surface area contributed by atoms with Crippen molar-refractivity contribution in [2.24, 2.45) is 0 Å². The lowest BCUT2D eigenvalue weighted by molar-refractivity contribution is -0.268. The summed E-state index contributed by atoms with van der Waals surface area (Å²) in [4.78, 5) is 13.2. The van der Waals surface area contributed by atoms with Gasteiger partial charge < -0.3 is 54.7 Å². The zero-order chi connectivity index (χ0) is 24.2. The highest BCUT2D eigenvalue weighted by Gasteiger charge is 2.44. The Morgan fingerprint density at radius 2 is 1.48 bits per heavy atom. The molecule has 1 aliphatic heterocycles. The Bertz CT molecular complexity index is 1260. The lowest BCUT2D eigenvalue weighted by Gasteiger charge is -2.38. The first-order valence-electron chi connectivity index (χ1n) is 9.64. The fraction of sp³-hybridized carbons (Fsp3) is 0.286. The van der Waals surface area contributed by atoms with Gasteiger partial charge in [-0.05, 0) is 19.1 Å². The highest BCUT2D eigenvalue weighted by Crippen LogP contribution is 2.43. The van der Waals surface area contributed by atoms with Crippen molar-refractivity contribution in [3.63, 3.8) is 0 Å². The predicted molar refractivity (Wildman–Crippen MR) is 109 cm³/mol. The van der Waals surface area contributed by atoms with E-state index in [0.29, 0.717) is 0 Å². The molecule has 0 spiro atoms. The van der Waals surface area contributed by atoms with E-state index < -0.39 is 81.8 Å². The summed E-state index contributed by atoms with van der Waals surface area (Å²) in [5.74, 6) is -4.55. The van der Waals surface area contributed by atoms with Gasteiger partial charge in [-0.3, -0.25) is 4.79 Å². The smallest absolute Gasteiger partial charge is 0.239 e. The summed E-state index contributed by atoms with van der Waals surface area (Å²) in [6.07, 6.45) is -7.59. The molecule has 1 aliphatic rings. The van der Waals surface area contributed by atoms with Crippen LogP contribution in [0.15, 0.2) is 33.5 Å². The van der Waals surface area contributed by atoms with Crippen molar-refractivity contribution < 1.29 is 54.7 Å². The van der Waals surface area contributed by atoms with Crippen molar-refractivity contribution in [1.82, 2.24) is 0 Å². The molecule has 3 aromatic rings. The summed E-state index contributed by atoms with van der Waals surface area (Å²) < 4.78 is 16.5. The van der Waals surface area contributed by atoms with E-state index in [0.717, 1.165) is 24.3 Å². The van der Waals surface area contributed by atoms with E-state index in [2.05, 4.69) is 0 Å². The third-order valence-corrected chi connectivity index (χ3v) is 5.29. The highest BCUT2D eigenvalue weighted by atomic mass is 16.7. The van der Waals surface area contributed by atoms with Gasteiger partial charge in [0.05, 0.1) is 6.10 Å². The van der Waals surface area contributed by atoms with Crippen molar-refractivity contribution in [1.29, 1.82) is 0 Å². The van der Waals surface area contributed by atoms with Crippen molar-refractivity contribution >= 4 is 11.0 Å². The third kappa shape index (κ3) is 3.74. The summed E-state index contributed by atoms with van der Waals surface area (Å²) >= 11 is 0. The molecule has 0 amide bonds. The molecule has 4 rings (SSSR count). The summed E-state index contributed by atoms with van der Waals surface area (Å²) in [7, 11) is 0. The van der Waals surface area contributed by atoms with E-state index >= 15 is 0 Å². The number of aliphatic hydroxyl groups excluding tert-OH is 3. The molecule has 33 heavy (non-hydrogen) atoms. The highest BCUT2D eigenvalue weighted by molar-refractivity contribution is 5.88. The largest absolute Gasteiger partial charge is 0.508 e. The predicted octanol–water partition coefficient (Wildman–Crippen LogP) is 0.194. The lowest BCUT2D eigenvalue weighted by Crippen LogP contribution is -2.58. The van der Waals surface area contributed by atoms with Gasteiger partial charge >= 0.3 is 0 Å². The van der Waals surface area contributed by atoms with E-state index in [9.17, 15) is 45.6 Å². The van der Waals surface area contributed by atoms with Gasteiger partial charge in [-0.1, -0.05) is 0 Å². The lowest BCUT2D eigenvalue weighted by atomic mass is 10.00. The van der Waals surface area contributed by atoms with Crippen LogP contribution >= 0.6 is 0 Å². The molecular weight excluding hydrogens is 444 g/mol. The maximum absolute atomic E-state index is 13.2. The van der Waals surface area contributed by atoms with Crippen LogP contribution in [0.25, 0.3) is 22.3 Å². The van der Waals surface area contributed by atoms with Crippen molar-refractivity contribution in [2.75, 3.05) is 0 Å². The molecule has 1 fully saturated rings. The average molecular weight is 464 g/mol. The standard InChI is InChI=1S/C21H20O12/c1-6-14(26)17(29)18(30)21(31-6)33-20-16(28)13-9(23)4-8(22)5-12(13)32-19(20)7-2-10(24)15(27)11(25)3-7/h2-6,14,17-18,21-27,29-30H,1H3/t6-,14-,17-,18-,21-/m0/s1. The minimum atomic E-state index is -1.80. The zero-order valence-electron chi connectivity index (χ0n) is 16.9. The van der Waals surface area contributed by atoms with E-state index in [1.165, 1.54) is 6.92 Å². The monoisotopic (exact) mass is 464 g/mol. The zero-order valence-corrected chi connectivity index (χ0v) is 16.9. The quantitative estimate of drug-likeness (QED) is 0.244. The van der Waals surface area contributed by atoms with Gasteiger partial charge in [0.15, 0.2) is 23.0 Å². The molecule has 2 heterocycles. The second kappa shape index (κ2) is 8.01. The number of fused-ring (bicyclic) bond motifs is 1. The van der Waals surface area contributed by atoms with Crippen molar-refractivity contribution in [3.8, 4) is 45.8 Å². The number of hydrogen-bond donors (Lipinski definition) is 8. The van der Waals surface area contributed by atoms with Crippen molar-refractivity contribution in [3.05, 3.63) is 34.5 Å². The number of aromatic hydroxyl groups is 5. The van der Waals surface area contributed by atoms with Crippen LogP contribution in [0.3, 0.4) is 0 Å². The molecule has 0 radical (unpaired) electrons. The molecular formula is C21H20O12. The van der Waals surface area contributed by atoms with Crippen LogP contribution < -0.4 is 10.2 Å². The Kier molecular flexibility index (Phi) is 5.46. The van der Waals surface area contributed by atoms with Crippen molar-refractivity contribution in [2.45, 2.75) is 37.6 Å². The van der Waals surface area contributed by atoms with E-state index in [1.807, 2.05) is 0 Å². The van der Waals surface area contributed by atoms with E-state index in [-0.39, 0.29) is 11.1 Å². The van der Waals surface area contributed by atoms with Crippen LogP contribution in [0.1, 0.15) is 6.92 Å². The first-order chi connectivity index (χ1) is 15.5. The second-order valence-electron chi connectivity index (χ2n) is 7.59. The summed E-state index contributed by atoms with van der Waals surface area (Å²) in [5.41, 5.74) is -1.45. The molecule has 176 valence electrons. The van der Waals surface area contributed by atoms with Gasteiger partial charge in [0, 0.05) is 17.7 Å². The topological polar surface area (TPSA) is 211 Å². The molecule has 0 saturated carbocycles. The molecule has 12 heteroatoms. The Balaban J connectivity index is 1.95. The molecule has 8 N–H and O–H groups in total. The Hall–Kier alpha value is -3.71. The van der Waals surface area contributed by atoms with E-state index in [1.54, 1.807) is 0 Å². The third-order valence-electron chi connectivity index (χ3n) is 5.29. The summed E-state index contributed by atoms with van der Waals surface area (Å²) in [6, 6.07) is 3.79. The number of hydrogen-bond acceptors (Lipinski definition) is 12. The molecule has 12 nitrogen and oxygen atoms in total. The normalized spacial score (nSPS) is 25.3. The van der Waals surface area contributed by atoms with Crippen LogP contribution in [0.4, 0.5) is 0 Å². The minimum absolute atomic E-state index is 0.168. The van der Waals surface area contributed by atoms with Gasteiger partial charge in [0.25, 0.3) is 0 Å². The number of rotatable bonds is 3. The van der Waals surface area contributed by atoms with Crippen LogP contribution in [-0.2, 0) is 4.74 Å². The SMILES string of the molecule is C[C@@H]1O[C@@H](Oc2c(-c3cc(O)c(O)c(O)c3)oc3cc(O)cc(O)c3c2=O)[C@@H](O)[C@@H](O)[C@H]1O. The molecule has 0 bridgehead atoms. The van der Waals surface area contributed by atoms with Crippen LogP contribution in [0, 0.1) is 0 Å². The fourth-order valence-corrected chi connectivity index (χ4v) is 3.53. The second-order valence-corrected chi connectivity index (χ2v) is 7.59. The molecule has 0 aliphatic carbocycles. The van der Waals surface area contributed by atoms with Gasteiger partial charge in [-0.2, -0.15) is 0 Å². The van der Waals surface area contributed by atoms with Crippen LogP contribution in [0.2, 0.25) is 0 Å². The van der Waals surface area contributed by atoms with Gasteiger partial charge in [-0.15, -0.1) is 0 Å². The molecule has 2 aromatic carbocycles. The first-order valence-corrected chi connectivity index (χ1v) is 9.64. The number of phenols is 5. The Morgan fingerprint density at radius 3 is 2.12 bits per heavy atom. The van der Waals surface area contributed by atoms with Gasteiger partial charge in [0.2, 0.25) is 17.5 Å². The van der Waals surface area contributed by atoms with Gasteiger partial charge in [0.1, 0.15) is 40.8 Å². The Labute approximate surface area is 184 Å². The molecule has 5 atom stereocenters. The number of phenolic OH excluding ortho intramolecular Hbond substituents is 5. The fourth-order valence-electron chi connectivity index (χ4n) is 3.53. The average Bonchev–Trinajstić information content (AvgIpc) is 2.74. The number of aliphatic hydroxyl groups is 3. The number of ether oxygens (including phenoxy) is 2. The first kappa shape index (κ1) is 22.5. The molecule has 0 unspecified atom stereocenters. The van der Waals surface area contributed by atoms with Crippen LogP contribution in [-0.4, -0.2) is 71.6 Å². The molecule has 1 saturated heterocycles. The van der Waals surface area contributed by atoms with E-state index in [4.69, 9.17) is 13.9 Å². The minimum Gasteiger partial charge on any atom is -0.508 e. The maximum Gasteiger partial charge on any atom is 0.239 e. The number of benzene rings is 2. The summed E-state index contributed by atoms with van der Waals surface area (Å²) in [6.45, 7) is 1.39. The molecule has 1 aromatic heterocycles. The van der Waals surface area contributed by atoms with Crippen LogP contribution in [0.5, 0.6) is 34.5 Å².